The van der Waals surface area contributed by atoms with Crippen molar-refractivity contribution >= 4 is 23.2 Å². The standard InChI is InChI=1S/C11H15Cl2NO2/c1-7(6-15-2)16-11-8(5-14)3-9(12)4-10(11)13/h3-4,7H,5-6,14H2,1-2H3. The number of benzene rings is 1. The van der Waals surface area contributed by atoms with Crippen LogP contribution in [0.1, 0.15) is 12.5 Å². The Balaban J connectivity index is 2.93. The molecule has 1 aromatic carbocycles. The Kier molecular flexibility index (Phi) is 5.35. The van der Waals surface area contributed by atoms with E-state index in [9.17, 15) is 0 Å². The van der Waals surface area contributed by atoms with E-state index in [1.807, 2.05) is 6.92 Å². The van der Waals surface area contributed by atoms with Crippen molar-refractivity contribution in [3.8, 4) is 5.75 Å². The molecule has 2 N–H and O–H groups in total. The first kappa shape index (κ1) is 13.6. The smallest absolute Gasteiger partial charge is 0.143 e. The minimum absolute atomic E-state index is 0.0889. The average molecular weight is 264 g/mol. The lowest BCUT2D eigenvalue weighted by molar-refractivity contribution is 0.0915. The minimum atomic E-state index is -0.0889. The van der Waals surface area contributed by atoms with Crippen molar-refractivity contribution in [2.75, 3.05) is 13.7 Å². The SMILES string of the molecule is COCC(C)Oc1c(Cl)cc(Cl)cc1CN. The van der Waals surface area contributed by atoms with Gasteiger partial charge < -0.3 is 15.2 Å². The second kappa shape index (κ2) is 6.30. The zero-order chi connectivity index (χ0) is 12.1. The van der Waals surface area contributed by atoms with E-state index in [-0.39, 0.29) is 6.10 Å². The summed E-state index contributed by atoms with van der Waals surface area (Å²) in [5.41, 5.74) is 6.40. The molecule has 1 unspecified atom stereocenters. The molecule has 0 saturated carbocycles. The third kappa shape index (κ3) is 3.52. The zero-order valence-corrected chi connectivity index (χ0v) is 10.8. The molecule has 1 rings (SSSR count). The Morgan fingerprint density at radius 3 is 2.62 bits per heavy atom. The Labute approximate surface area is 105 Å². The highest BCUT2D eigenvalue weighted by molar-refractivity contribution is 6.35. The molecule has 0 aromatic heterocycles. The maximum Gasteiger partial charge on any atom is 0.143 e. The van der Waals surface area contributed by atoms with Crippen molar-refractivity contribution < 1.29 is 9.47 Å². The van der Waals surface area contributed by atoms with Gasteiger partial charge in [0.1, 0.15) is 11.9 Å². The highest BCUT2D eigenvalue weighted by Gasteiger charge is 2.12. The number of nitrogens with two attached hydrogens (primary N) is 1. The molecule has 0 radical (unpaired) electrons. The summed E-state index contributed by atoms with van der Waals surface area (Å²) < 4.78 is 10.7. The second-order valence-electron chi connectivity index (χ2n) is 3.46. The van der Waals surface area contributed by atoms with Crippen LogP contribution >= 0.6 is 23.2 Å². The molecule has 5 heteroatoms. The van der Waals surface area contributed by atoms with Crippen molar-refractivity contribution in [1.82, 2.24) is 0 Å². The maximum atomic E-state index is 6.05. The first-order valence-electron chi connectivity index (χ1n) is 4.92. The van der Waals surface area contributed by atoms with E-state index < -0.39 is 0 Å². The molecule has 0 aliphatic heterocycles. The van der Waals surface area contributed by atoms with Crippen LogP contribution in [0.4, 0.5) is 0 Å². The van der Waals surface area contributed by atoms with E-state index >= 15 is 0 Å². The fourth-order valence-electron chi connectivity index (χ4n) is 1.37. The lowest BCUT2D eigenvalue weighted by Gasteiger charge is -2.17. The lowest BCUT2D eigenvalue weighted by Crippen LogP contribution is -2.19. The molecule has 0 amide bonds. The van der Waals surface area contributed by atoms with Crippen LogP contribution in [-0.4, -0.2) is 19.8 Å². The molecular formula is C11H15Cl2NO2. The van der Waals surface area contributed by atoms with Crippen LogP contribution in [0.2, 0.25) is 10.0 Å². The van der Waals surface area contributed by atoms with Gasteiger partial charge in [0.15, 0.2) is 0 Å². The van der Waals surface area contributed by atoms with Gasteiger partial charge >= 0.3 is 0 Å². The molecule has 0 saturated heterocycles. The van der Waals surface area contributed by atoms with Crippen molar-refractivity contribution in [3.63, 3.8) is 0 Å². The van der Waals surface area contributed by atoms with Crippen molar-refractivity contribution in [2.24, 2.45) is 5.73 Å². The summed E-state index contributed by atoms with van der Waals surface area (Å²) in [6.45, 7) is 2.72. The van der Waals surface area contributed by atoms with Crippen LogP contribution in [0.3, 0.4) is 0 Å². The summed E-state index contributed by atoms with van der Waals surface area (Å²) in [5.74, 6) is 0.582. The summed E-state index contributed by atoms with van der Waals surface area (Å²) in [5, 5.41) is 1.02. The molecule has 16 heavy (non-hydrogen) atoms. The predicted octanol–water partition coefficient (Wildman–Crippen LogP) is 2.87. The number of hydrogen-bond donors (Lipinski definition) is 1. The van der Waals surface area contributed by atoms with Gasteiger partial charge in [-0.25, -0.2) is 0 Å². The Morgan fingerprint density at radius 1 is 1.38 bits per heavy atom. The van der Waals surface area contributed by atoms with Crippen LogP contribution in [0.15, 0.2) is 12.1 Å². The largest absolute Gasteiger partial charge is 0.486 e. The van der Waals surface area contributed by atoms with Gasteiger partial charge in [-0.05, 0) is 19.1 Å². The topological polar surface area (TPSA) is 44.5 Å². The number of hydrogen-bond acceptors (Lipinski definition) is 3. The Morgan fingerprint density at radius 2 is 2.06 bits per heavy atom. The second-order valence-corrected chi connectivity index (χ2v) is 4.31. The molecule has 3 nitrogen and oxygen atoms in total. The van der Waals surface area contributed by atoms with Crippen LogP contribution < -0.4 is 10.5 Å². The maximum absolute atomic E-state index is 6.05. The molecule has 0 aliphatic carbocycles. The van der Waals surface area contributed by atoms with E-state index in [1.54, 1.807) is 19.2 Å². The molecule has 1 atom stereocenters. The first-order valence-corrected chi connectivity index (χ1v) is 5.67. The number of methoxy groups -OCH3 is 1. The molecule has 0 aliphatic rings. The number of halogens is 2. The fraction of sp³-hybridized carbons (Fsp3) is 0.455. The van der Waals surface area contributed by atoms with E-state index in [1.165, 1.54) is 0 Å². The van der Waals surface area contributed by atoms with Gasteiger partial charge in [0.2, 0.25) is 0 Å². The summed E-state index contributed by atoms with van der Waals surface area (Å²) >= 11 is 11.9. The summed E-state index contributed by atoms with van der Waals surface area (Å²) in [7, 11) is 1.62. The van der Waals surface area contributed by atoms with Crippen molar-refractivity contribution in [2.45, 2.75) is 19.6 Å². The highest BCUT2D eigenvalue weighted by Crippen LogP contribution is 2.32. The van der Waals surface area contributed by atoms with Crippen molar-refractivity contribution in [3.05, 3.63) is 27.7 Å². The molecule has 0 bridgehead atoms. The first-order chi connectivity index (χ1) is 7.58. The Hall–Kier alpha value is -0.480. The van der Waals surface area contributed by atoms with Crippen LogP contribution in [-0.2, 0) is 11.3 Å². The predicted molar refractivity (Wildman–Crippen MR) is 66.3 cm³/mol. The Bertz CT molecular complexity index is 358. The van der Waals surface area contributed by atoms with E-state index in [0.717, 1.165) is 5.56 Å². The van der Waals surface area contributed by atoms with Gasteiger partial charge in [-0.2, -0.15) is 0 Å². The molecule has 0 spiro atoms. The monoisotopic (exact) mass is 263 g/mol. The van der Waals surface area contributed by atoms with E-state index in [0.29, 0.717) is 28.9 Å². The van der Waals surface area contributed by atoms with Gasteiger partial charge in [-0.15, -0.1) is 0 Å². The normalized spacial score (nSPS) is 12.6. The van der Waals surface area contributed by atoms with Gasteiger partial charge in [0.25, 0.3) is 0 Å². The van der Waals surface area contributed by atoms with E-state index in [4.69, 9.17) is 38.4 Å². The summed E-state index contributed by atoms with van der Waals surface area (Å²) in [6.07, 6.45) is -0.0889. The third-order valence-corrected chi connectivity index (χ3v) is 2.52. The highest BCUT2D eigenvalue weighted by atomic mass is 35.5. The summed E-state index contributed by atoms with van der Waals surface area (Å²) in [6, 6.07) is 3.39. The third-order valence-electron chi connectivity index (χ3n) is 2.03. The minimum Gasteiger partial charge on any atom is -0.486 e. The van der Waals surface area contributed by atoms with Gasteiger partial charge in [-0.3, -0.25) is 0 Å². The molecule has 1 aromatic rings. The zero-order valence-electron chi connectivity index (χ0n) is 9.30. The molecule has 90 valence electrons. The fourth-order valence-corrected chi connectivity index (χ4v) is 1.95. The van der Waals surface area contributed by atoms with Gasteiger partial charge in [0.05, 0.1) is 11.6 Å². The van der Waals surface area contributed by atoms with Crippen LogP contribution in [0.5, 0.6) is 5.75 Å². The average Bonchev–Trinajstić information content (AvgIpc) is 2.22. The van der Waals surface area contributed by atoms with Crippen molar-refractivity contribution in [1.29, 1.82) is 0 Å². The van der Waals surface area contributed by atoms with Crippen LogP contribution in [0.25, 0.3) is 0 Å². The molecule has 0 heterocycles. The van der Waals surface area contributed by atoms with Gasteiger partial charge in [0, 0.05) is 24.2 Å². The quantitative estimate of drug-likeness (QED) is 0.889. The lowest BCUT2D eigenvalue weighted by atomic mass is 10.2. The summed E-state index contributed by atoms with van der Waals surface area (Å²) in [4.78, 5) is 0. The molecular weight excluding hydrogens is 249 g/mol. The molecule has 0 fully saturated rings. The number of ether oxygens (including phenoxy) is 2. The van der Waals surface area contributed by atoms with Crippen LogP contribution in [0, 0.1) is 0 Å². The van der Waals surface area contributed by atoms with E-state index in [2.05, 4.69) is 0 Å². The number of rotatable bonds is 5. The van der Waals surface area contributed by atoms with Gasteiger partial charge in [-0.1, -0.05) is 23.2 Å².